The molecule has 166 valence electrons. The number of carbonyl (C=O) groups is 4. The number of rotatable bonds is 6. The predicted octanol–water partition coefficient (Wildman–Crippen LogP) is 2.90. The summed E-state index contributed by atoms with van der Waals surface area (Å²) in [6.45, 7) is 2.97. The van der Waals surface area contributed by atoms with Gasteiger partial charge < -0.3 is 10.1 Å². The van der Waals surface area contributed by atoms with E-state index in [1.54, 1.807) is 6.07 Å². The minimum Gasteiger partial charge on any atom is -0.454 e. The average Bonchev–Trinajstić information content (AvgIpc) is 3.36. The molecule has 2 bridgehead atoms. The van der Waals surface area contributed by atoms with Crippen molar-refractivity contribution in [3.05, 3.63) is 29.8 Å². The molecule has 9 heteroatoms. The molecule has 1 aromatic rings. The maximum atomic E-state index is 13.0. The molecule has 31 heavy (non-hydrogen) atoms. The number of carbonyl (C=O) groups excluding carboxylic acids is 4. The molecule has 7 nitrogen and oxygen atoms in total. The highest BCUT2D eigenvalue weighted by Crippen LogP contribution is 2.60. The first-order valence-electron chi connectivity index (χ1n) is 10.5. The minimum atomic E-state index is -1.07. The monoisotopic (exact) mass is 554 g/mol. The van der Waals surface area contributed by atoms with E-state index in [-0.39, 0.29) is 45.1 Å². The van der Waals surface area contributed by atoms with Crippen LogP contribution >= 0.6 is 31.9 Å². The number of hydrogen-bond donors (Lipinski definition) is 1. The quantitative estimate of drug-likeness (QED) is 0.331. The van der Waals surface area contributed by atoms with E-state index in [4.69, 9.17) is 4.74 Å². The van der Waals surface area contributed by atoms with E-state index >= 15 is 0 Å². The van der Waals surface area contributed by atoms with Gasteiger partial charge in [-0.15, -0.1) is 0 Å². The fourth-order valence-corrected chi connectivity index (χ4v) is 7.13. The summed E-state index contributed by atoms with van der Waals surface area (Å²) >= 11 is 7.29. The van der Waals surface area contributed by atoms with Gasteiger partial charge in [0, 0.05) is 15.3 Å². The summed E-state index contributed by atoms with van der Waals surface area (Å²) < 4.78 is 5.14. The average molecular weight is 556 g/mol. The maximum absolute atomic E-state index is 13.0. The van der Waals surface area contributed by atoms with Crippen LogP contribution in [0.25, 0.3) is 0 Å². The second kappa shape index (κ2) is 8.65. The molecule has 3 fully saturated rings. The number of amides is 3. The summed E-state index contributed by atoms with van der Waals surface area (Å²) in [6.07, 6.45) is 1.58. The van der Waals surface area contributed by atoms with Crippen molar-refractivity contribution >= 4 is 61.2 Å². The topological polar surface area (TPSA) is 92.8 Å². The number of fused-ring (bicyclic) bond motifs is 5. The maximum Gasteiger partial charge on any atom is 0.329 e. The van der Waals surface area contributed by atoms with E-state index in [2.05, 4.69) is 37.2 Å². The lowest BCUT2D eigenvalue weighted by Crippen LogP contribution is -2.45. The number of imide groups is 1. The zero-order valence-corrected chi connectivity index (χ0v) is 20.4. The third-order valence-electron chi connectivity index (χ3n) is 6.77. The number of alkyl halides is 2. The molecule has 1 N–H and O–H groups in total. The molecule has 1 aliphatic heterocycles. The van der Waals surface area contributed by atoms with E-state index in [1.165, 1.54) is 6.92 Å². The van der Waals surface area contributed by atoms with Crippen LogP contribution in [0.2, 0.25) is 0 Å². The summed E-state index contributed by atoms with van der Waals surface area (Å²) in [6, 6.07) is 6.32. The summed E-state index contributed by atoms with van der Waals surface area (Å²) in [4.78, 5) is 52.1. The van der Waals surface area contributed by atoms with Gasteiger partial charge in [-0.1, -0.05) is 57.0 Å². The number of anilines is 1. The van der Waals surface area contributed by atoms with Crippen LogP contribution in [0, 0.1) is 23.7 Å². The highest BCUT2D eigenvalue weighted by atomic mass is 79.9. The third-order valence-corrected chi connectivity index (χ3v) is 9.97. The largest absolute Gasteiger partial charge is 0.454 e. The fourth-order valence-electron chi connectivity index (χ4n) is 5.25. The van der Waals surface area contributed by atoms with Crippen LogP contribution in [0.1, 0.15) is 25.8 Å². The molecule has 7 atom stereocenters. The number of hydrogen-bond acceptors (Lipinski definition) is 5. The van der Waals surface area contributed by atoms with E-state index < -0.39 is 24.5 Å². The van der Waals surface area contributed by atoms with Crippen molar-refractivity contribution in [1.29, 1.82) is 0 Å². The molecule has 0 aromatic heterocycles. The van der Waals surface area contributed by atoms with Gasteiger partial charge >= 0.3 is 5.97 Å². The van der Waals surface area contributed by atoms with Gasteiger partial charge in [-0.25, -0.2) is 4.79 Å². The fraction of sp³-hybridized carbons (Fsp3) is 0.545. The first-order chi connectivity index (χ1) is 14.8. The number of likely N-dealkylation sites (tertiary alicyclic amines) is 1. The van der Waals surface area contributed by atoms with E-state index in [0.29, 0.717) is 5.69 Å². The highest BCUT2D eigenvalue weighted by molar-refractivity contribution is 9.12. The molecule has 3 aliphatic rings. The van der Waals surface area contributed by atoms with Gasteiger partial charge in [-0.3, -0.25) is 19.3 Å². The Balaban J connectivity index is 1.37. The zero-order chi connectivity index (χ0) is 22.4. The SMILES string of the molecule is CCc1ccccc1NC(=O)COC(=O)[C@H](C)N1C(=O)[C@@H]2[C@H]3C[C@@H]([C@H](Br)[C@H]3Br)[C@@H]2C1=O. The number of benzene rings is 1. The Kier molecular flexibility index (Phi) is 6.27. The number of nitrogens with one attached hydrogen (secondary N) is 1. The molecule has 1 saturated heterocycles. The highest BCUT2D eigenvalue weighted by Gasteiger charge is 2.67. The molecule has 3 amide bonds. The first kappa shape index (κ1) is 22.5. The van der Waals surface area contributed by atoms with Crippen LogP contribution in [0.3, 0.4) is 0 Å². The van der Waals surface area contributed by atoms with Crippen molar-refractivity contribution in [2.75, 3.05) is 11.9 Å². The number of aryl methyl sites for hydroxylation is 1. The van der Waals surface area contributed by atoms with Crippen molar-refractivity contribution < 1.29 is 23.9 Å². The Labute approximate surface area is 197 Å². The standard InChI is InChI=1S/C22H24Br2N2O5/c1-3-11-6-4-5-7-14(11)25-15(27)9-31-22(30)10(2)26-20(28)16-12-8-13(17(16)21(26)29)19(24)18(12)23/h4-7,10,12-13,16-19H,3,8-9H2,1-2H3,(H,25,27)/t10-,12+,13+,16-,17+,18-,19-/m0/s1. The van der Waals surface area contributed by atoms with Gasteiger partial charge in [-0.2, -0.15) is 0 Å². The first-order valence-corrected chi connectivity index (χ1v) is 12.3. The molecule has 0 spiro atoms. The molecular weight excluding hydrogens is 532 g/mol. The van der Waals surface area contributed by atoms with Gasteiger partial charge in [0.25, 0.3) is 5.91 Å². The summed E-state index contributed by atoms with van der Waals surface area (Å²) in [5.74, 6) is -2.48. The Morgan fingerprint density at radius 3 is 2.29 bits per heavy atom. The van der Waals surface area contributed by atoms with Crippen molar-refractivity contribution in [3.63, 3.8) is 0 Å². The molecule has 2 saturated carbocycles. The lowest BCUT2D eigenvalue weighted by atomic mass is 9.81. The van der Waals surface area contributed by atoms with Gasteiger partial charge in [0.1, 0.15) is 6.04 Å². The molecule has 1 aromatic carbocycles. The smallest absolute Gasteiger partial charge is 0.329 e. The number of nitrogens with zero attached hydrogens (tertiary/aromatic N) is 1. The van der Waals surface area contributed by atoms with Gasteiger partial charge in [-0.05, 0) is 43.2 Å². The van der Waals surface area contributed by atoms with E-state index in [1.807, 2.05) is 25.1 Å². The Morgan fingerprint density at radius 1 is 1.13 bits per heavy atom. The van der Waals surface area contributed by atoms with Crippen molar-refractivity contribution in [2.24, 2.45) is 23.7 Å². The van der Waals surface area contributed by atoms with Crippen LogP contribution < -0.4 is 5.32 Å². The van der Waals surface area contributed by atoms with Crippen LogP contribution in [-0.2, 0) is 30.3 Å². The number of ether oxygens (including phenoxy) is 1. The Bertz CT molecular complexity index is 906. The van der Waals surface area contributed by atoms with Crippen molar-refractivity contribution in [1.82, 2.24) is 4.90 Å². The molecule has 0 radical (unpaired) electrons. The minimum absolute atomic E-state index is 0.0773. The Hall–Kier alpha value is -1.74. The van der Waals surface area contributed by atoms with Crippen LogP contribution in [-0.4, -0.2) is 50.9 Å². The molecule has 1 heterocycles. The lowest BCUT2D eigenvalue weighted by Gasteiger charge is -2.28. The molecular formula is C22H24Br2N2O5. The number of halogens is 2. The number of para-hydroxylation sites is 1. The summed E-state index contributed by atoms with van der Waals surface area (Å²) in [5.41, 5.74) is 1.64. The normalized spacial score (nSPS) is 32.2. The summed E-state index contributed by atoms with van der Waals surface area (Å²) in [5, 5.41) is 2.73. The van der Waals surface area contributed by atoms with Crippen LogP contribution in [0.5, 0.6) is 0 Å². The van der Waals surface area contributed by atoms with Gasteiger partial charge in [0.05, 0.1) is 11.8 Å². The summed E-state index contributed by atoms with van der Waals surface area (Å²) in [7, 11) is 0. The molecule has 2 aliphatic carbocycles. The van der Waals surface area contributed by atoms with Crippen LogP contribution in [0.4, 0.5) is 5.69 Å². The van der Waals surface area contributed by atoms with Gasteiger partial charge in [0.2, 0.25) is 11.8 Å². The predicted molar refractivity (Wildman–Crippen MR) is 121 cm³/mol. The molecule has 0 unspecified atom stereocenters. The van der Waals surface area contributed by atoms with E-state index in [0.717, 1.165) is 23.3 Å². The van der Waals surface area contributed by atoms with Crippen molar-refractivity contribution in [2.45, 2.75) is 42.4 Å². The molecule has 4 rings (SSSR count). The van der Waals surface area contributed by atoms with Crippen LogP contribution in [0.15, 0.2) is 24.3 Å². The number of esters is 1. The van der Waals surface area contributed by atoms with E-state index in [9.17, 15) is 19.2 Å². The zero-order valence-electron chi connectivity index (χ0n) is 17.2. The Morgan fingerprint density at radius 2 is 1.71 bits per heavy atom. The lowest BCUT2D eigenvalue weighted by molar-refractivity contribution is -0.159. The third kappa shape index (κ3) is 3.73. The van der Waals surface area contributed by atoms with Crippen molar-refractivity contribution in [3.8, 4) is 0 Å². The second-order valence-electron chi connectivity index (χ2n) is 8.39. The second-order valence-corrected chi connectivity index (χ2v) is 10.5. The van der Waals surface area contributed by atoms with Gasteiger partial charge in [0.15, 0.2) is 6.61 Å².